The molecule has 6 nitrogen and oxygen atoms in total. The molecule has 24 heavy (non-hydrogen) atoms. The van der Waals surface area contributed by atoms with E-state index in [4.69, 9.17) is 4.42 Å². The molecule has 0 radical (unpaired) electrons. The van der Waals surface area contributed by atoms with Crippen LogP contribution in [-0.2, 0) is 5.41 Å². The molecule has 1 aromatic carbocycles. The van der Waals surface area contributed by atoms with E-state index in [0.717, 1.165) is 10.6 Å². The van der Waals surface area contributed by atoms with Crippen molar-refractivity contribution in [3.8, 4) is 11.6 Å². The molecule has 0 saturated heterocycles. The zero-order valence-corrected chi connectivity index (χ0v) is 14.8. The lowest BCUT2D eigenvalue weighted by Crippen LogP contribution is -2.14. The van der Waals surface area contributed by atoms with Crippen LogP contribution in [-0.4, -0.2) is 21.1 Å². The van der Waals surface area contributed by atoms with Gasteiger partial charge in [-0.1, -0.05) is 38.0 Å². The number of rotatable bonds is 3. The van der Waals surface area contributed by atoms with Crippen LogP contribution in [0.4, 0.5) is 6.01 Å². The maximum Gasteiger partial charge on any atom is 0.322 e. The zero-order chi connectivity index (χ0) is 17.3. The van der Waals surface area contributed by atoms with E-state index in [2.05, 4.69) is 41.3 Å². The number of aromatic nitrogens is 3. The summed E-state index contributed by atoms with van der Waals surface area (Å²) in [5.74, 6) is -0.00199. The Morgan fingerprint density at radius 2 is 1.88 bits per heavy atom. The third-order valence-corrected chi connectivity index (χ3v) is 4.27. The predicted molar refractivity (Wildman–Crippen MR) is 93.2 cm³/mol. The average molecular weight is 342 g/mol. The Morgan fingerprint density at radius 1 is 1.17 bits per heavy atom. The van der Waals surface area contributed by atoms with Gasteiger partial charge in [0.2, 0.25) is 0 Å². The summed E-state index contributed by atoms with van der Waals surface area (Å²) < 4.78 is 5.44. The van der Waals surface area contributed by atoms with Gasteiger partial charge in [0.25, 0.3) is 11.8 Å². The third kappa shape index (κ3) is 3.51. The molecule has 0 bridgehead atoms. The molecule has 1 N–H and O–H groups in total. The number of aryl methyl sites for hydroxylation is 1. The minimum absolute atomic E-state index is 0.0437. The van der Waals surface area contributed by atoms with Gasteiger partial charge in [-0.15, -0.1) is 16.4 Å². The van der Waals surface area contributed by atoms with Gasteiger partial charge >= 0.3 is 6.01 Å². The molecule has 3 rings (SSSR count). The van der Waals surface area contributed by atoms with Crippen LogP contribution in [0.15, 0.2) is 34.1 Å². The average Bonchev–Trinajstić information content (AvgIpc) is 3.15. The van der Waals surface area contributed by atoms with E-state index in [-0.39, 0.29) is 23.2 Å². The maximum atomic E-state index is 12.3. The minimum atomic E-state index is -0.292. The summed E-state index contributed by atoms with van der Waals surface area (Å²) in [7, 11) is 0. The molecule has 7 heteroatoms. The van der Waals surface area contributed by atoms with Crippen LogP contribution >= 0.6 is 11.3 Å². The highest BCUT2D eigenvalue weighted by Crippen LogP contribution is 2.23. The van der Waals surface area contributed by atoms with Crippen molar-refractivity contribution < 1.29 is 9.21 Å². The smallest absolute Gasteiger partial charge is 0.322 e. The van der Waals surface area contributed by atoms with Crippen molar-refractivity contribution in [1.82, 2.24) is 15.2 Å². The number of carbonyl (C=O) groups is 1. The van der Waals surface area contributed by atoms with Crippen molar-refractivity contribution in [2.75, 3.05) is 5.32 Å². The second kappa shape index (κ2) is 6.16. The lowest BCUT2D eigenvalue weighted by atomic mass is 9.87. The molecule has 0 aliphatic carbocycles. The Hall–Kier alpha value is -2.54. The normalized spacial score (nSPS) is 11.5. The summed E-state index contributed by atoms with van der Waals surface area (Å²) in [6, 6.07) is 7.53. The van der Waals surface area contributed by atoms with Crippen molar-refractivity contribution in [2.45, 2.75) is 33.1 Å². The van der Waals surface area contributed by atoms with E-state index >= 15 is 0 Å². The molecule has 0 spiro atoms. The first-order valence-corrected chi connectivity index (χ1v) is 8.39. The molecule has 124 valence electrons. The summed E-state index contributed by atoms with van der Waals surface area (Å²) in [6.07, 6.45) is 0. The topological polar surface area (TPSA) is 80.9 Å². The predicted octanol–water partition coefficient (Wildman–Crippen LogP) is 4.05. The standard InChI is InChI=1S/C17H18N4O2S/c1-10-18-13(9-24-10)15-20-21-16(23-15)19-14(22)11-5-7-12(8-6-11)17(2,3)4/h5-9H,1-4H3,(H,19,21,22). The first-order chi connectivity index (χ1) is 11.3. The number of thiazole rings is 1. The molecule has 0 atom stereocenters. The van der Waals surface area contributed by atoms with Crippen molar-refractivity contribution >= 4 is 23.3 Å². The Balaban J connectivity index is 1.72. The van der Waals surface area contributed by atoms with Gasteiger partial charge in [-0.25, -0.2) is 4.98 Å². The summed E-state index contributed by atoms with van der Waals surface area (Å²) >= 11 is 1.50. The van der Waals surface area contributed by atoms with E-state index in [0.29, 0.717) is 11.3 Å². The Labute approximate surface area is 144 Å². The molecule has 0 fully saturated rings. The number of carbonyl (C=O) groups excluding carboxylic acids is 1. The summed E-state index contributed by atoms with van der Waals surface area (Å²) in [6.45, 7) is 8.28. The SMILES string of the molecule is Cc1nc(-c2nnc(NC(=O)c3ccc(C(C)(C)C)cc3)o2)cs1. The summed E-state index contributed by atoms with van der Waals surface area (Å²) in [4.78, 5) is 16.5. The molecule has 0 saturated carbocycles. The van der Waals surface area contributed by atoms with Gasteiger partial charge in [0.05, 0.1) is 5.01 Å². The van der Waals surface area contributed by atoms with Gasteiger partial charge in [0.15, 0.2) is 0 Å². The van der Waals surface area contributed by atoms with Gasteiger partial charge in [-0.2, -0.15) is 0 Å². The Kier molecular flexibility index (Phi) is 4.19. The quantitative estimate of drug-likeness (QED) is 0.776. The highest BCUT2D eigenvalue weighted by Gasteiger charge is 2.16. The fourth-order valence-electron chi connectivity index (χ4n) is 2.13. The number of anilines is 1. The van der Waals surface area contributed by atoms with Crippen molar-refractivity contribution in [2.24, 2.45) is 0 Å². The number of amides is 1. The highest BCUT2D eigenvalue weighted by atomic mass is 32.1. The maximum absolute atomic E-state index is 12.3. The largest absolute Gasteiger partial charge is 0.401 e. The van der Waals surface area contributed by atoms with Crippen molar-refractivity contribution in [3.05, 3.63) is 45.8 Å². The van der Waals surface area contributed by atoms with Crippen LogP contribution in [0.3, 0.4) is 0 Å². The van der Waals surface area contributed by atoms with Crippen molar-refractivity contribution in [3.63, 3.8) is 0 Å². The molecule has 0 unspecified atom stereocenters. The van der Waals surface area contributed by atoms with Crippen LogP contribution in [0.25, 0.3) is 11.6 Å². The number of hydrogen-bond acceptors (Lipinski definition) is 6. The molecular formula is C17H18N4O2S. The molecule has 1 amide bonds. The van der Waals surface area contributed by atoms with Gasteiger partial charge in [0, 0.05) is 10.9 Å². The lowest BCUT2D eigenvalue weighted by molar-refractivity contribution is 0.102. The zero-order valence-electron chi connectivity index (χ0n) is 14.0. The third-order valence-electron chi connectivity index (χ3n) is 3.50. The van der Waals surface area contributed by atoms with E-state index in [9.17, 15) is 4.79 Å². The van der Waals surface area contributed by atoms with E-state index in [1.807, 2.05) is 24.4 Å². The molecule has 0 aliphatic heterocycles. The van der Waals surface area contributed by atoms with E-state index in [1.165, 1.54) is 11.3 Å². The van der Waals surface area contributed by atoms with Gasteiger partial charge in [-0.3, -0.25) is 10.1 Å². The number of nitrogens with one attached hydrogen (secondary N) is 1. The number of benzene rings is 1. The van der Waals surface area contributed by atoms with E-state index in [1.54, 1.807) is 12.1 Å². The summed E-state index contributed by atoms with van der Waals surface area (Å²) in [5, 5.41) is 13.1. The van der Waals surface area contributed by atoms with Crippen LogP contribution < -0.4 is 5.32 Å². The second-order valence-corrected chi connectivity index (χ2v) is 7.51. The van der Waals surface area contributed by atoms with Gasteiger partial charge in [0.1, 0.15) is 5.69 Å². The molecule has 2 heterocycles. The fourth-order valence-corrected chi connectivity index (χ4v) is 2.72. The van der Waals surface area contributed by atoms with Crippen molar-refractivity contribution in [1.29, 1.82) is 0 Å². The molecule has 2 aromatic heterocycles. The molecular weight excluding hydrogens is 324 g/mol. The van der Waals surface area contributed by atoms with Crippen LogP contribution in [0.2, 0.25) is 0 Å². The van der Waals surface area contributed by atoms with Gasteiger partial charge in [-0.05, 0) is 30.0 Å². The summed E-state index contributed by atoms with van der Waals surface area (Å²) in [5.41, 5.74) is 2.35. The molecule has 3 aromatic rings. The number of nitrogens with zero attached hydrogens (tertiary/aromatic N) is 3. The monoisotopic (exact) mass is 342 g/mol. The Morgan fingerprint density at radius 3 is 2.46 bits per heavy atom. The number of hydrogen-bond donors (Lipinski definition) is 1. The first-order valence-electron chi connectivity index (χ1n) is 7.51. The van der Waals surface area contributed by atoms with Gasteiger partial charge < -0.3 is 4.42 Å². The van der Waals surface area contributed by atoms with E-state index < -0.39 is 0 Å². The Bertz CT molecular complexity index is 859. The highest BCUT2D eigenvalue weighted by molar-refractivity contribution is 7.09. The lowest BCUT2D eigenvalue weighted by Gasteiger charge is -2.18. The molecule has 0 aliphatic rings. The van der Waals surface area contributed by atoms with Crippen LogP contribution in [0.1, 0.15) is 41.7 Å². The van der Waals surface area contributed by atoms with Crippen LogP contribution in [0, 0.1) is 6.92 Å². The van der Waals surface area contributed by atoms with Crippen LogP contribution in [0.5, 0.6) is 0 Å². The fraction of sp³-hybridized carbons (Fsp3) is 0.294. The minimum Gasteiger partial charge on any atom is -0.401 e. The second-order valence-electron chi connectivity index (χ2n) is 6.45. The first kappa shape index (κ1) is 16.3.